The topological polar surface area (TPSA) is 49.8 Å². The third kappa shape index (κ3) is 2.03. The van der Waals surface area contributed by atoms with Gasteiger partial charge in [0.2, 0.25) is 0 Å². The third-order valence-corrected chi connectivity index (χ3v) is 1.89. The first kappa shape index (κ1) is 8.45. The Morgan fingerprint density at radius 1 is 1.67 bits per heavy atom. The molecule has 0 aliphatic heterocycles. The first-order valence-corrected chi connectivity index (χ1v) is 3.19. The Balaban J connectivity index is 4.01. The highest BCUT2D eigenvalue weighted by Crippen LogP contribution is 2.22. The van der Waals surface area contributed by atoms with Gasteiger partial charge in [-0.1, -0.05) is 20.8 Å². The van der Waals surface area contributed by atoms with Crippen molar-refractivity contribution in [2.45, 2.75) is 33.2 Å². The Bertz CT molecular complexity index is 121. The van der Waals surface area contributed by atoms with Crippen LogP contribution in [0.1, 0.15) is 27.2 Å². The normalized spacial score (nSPS) is 14.6. The summed E-state index contributed by atoms with van der Waals surface area (Å²) in [5.41, 5.74) is 5.47. The van der Waals surface area contributed by atoms with Gasteiger partial charge in [-0.15, -0.1) is 0 Å². The number of hydrogen-bond acceptors (Lipinski definition) is 2. The number of rotatable bonds is 2. The average molecular weight is 126 g/mol. The Labute approximate surface area is 56.7 Å². The molecule has 0 fully saturated rings. The van der Waals surface area contributed by atoms with E-state index in [0.717, 1.165) is 6.42 Å². The highest BCUT2D eigenvalue weighted by Gasteiger charge is 2.23. The summed E-state index contributed by atoms with van der Waals surface area (Å²) < 4.78 is 0. The first-order valence-electron chi connectivity index (χ1n) is 3.19. The molecule has 0 aliphatic carbocycles. The second-order valence-corrected chi connectivity index (χ2v) is 2.95. The van der Waals surface area contributed by atoms with E-state index in [9.17, 15) is 0 Å². The van der Waals surface area contributed by atoms with Gasteiger partial charge < -0.3 is 5.73 Å². The van der Waals surface area contributed by atoms with Gasteiger partial charge in [-0.25, -0.2) is 0 Å². The van der Waals surface area contributed by atoms with Crippen molar-refractivity contribution in [3.63, 3.8) is 0 Å². The fraction of sp³-hybridized carbons (Fsp3) is 0.857. The van der Waals surface area contributed by atoms with Crippen LogP contribution < -0.4 is 5.73 Å². The van der Waals surface area contributed by atoms with E-state index in [0.29, 0.717) is 0 Å². The summed E-state index contributed by atoms with van der Waals surface area (Å²) in [4.78, 5) is 0. The lowest BCUT2D eigenvalue weighted by molar-refractivity contribution is 0.317. The zero-order valence-corrected chi connectivity index (χ0v) is 6.31. The summed E-state index contributed by atoms with van der Waals surface area (Å²) in [6.07, 6.45) is 0.946. The summed E-state index contributed by atoms with van der Waals surface area (Å²) in [6, 6.07) is 1.70. The van der Waals surface area contributed by atoms with Crippen molar-refractivity contribution >= 4 is 0 Å². The number of hydrogen-bond donors (Lipinski definition) is 1. The van der Waals surface area contributed by atoms with Gasteiger partial charge in [0, 0.05) is 0 Å². The maximum atomic E-state index is 8.43. The third-order valence-electron chi connectivity index (χ3n) is 1.89. The molecule has 2 nitrogen and oxygen atoms in total. The van der Waals surface area contributed by atoms with Crippen LogP contribution in [0.15, 0.2) is 0 Å². The van der Waals surface area contributed by atoms with Gasteiger partial charge in [0.05, 0.1) is 12.1 Å². The second-order valence-electron chi connectivity index (χ2n) is 2.95. The van der Waals surface area contributed by atoms with E-state index >= 15 is 0 Å². The van der Waals surface area contributed by atoms with Crippen molar-refractivity contribution in [3.05, 3.63) is 0 Å². The Morgan fingerprint density at radius 2 is 2.11 bits per heavy atom. The van der Waals surface area contributed by atoms with Crippen LogP contribution in [-0.4, -0.2) is 6.04 Å². The minimum atomic E-state index is -0.331. The molecule has 0 saturated heterocycles. The van der Waals surface area contributed by atoms with E-state index in [1.165, 1.54) is 0 Å². The number of nitrogens with two attached hydrogens (primary N) is 1. The van der Waals surface area contributed by atoms with Gasteiger partial charge in [0.15, 0.2) is 0 Å². The molecule has 9 heavy (non-hydrogen) atoms. The molecule has 0 aromatic heterocycles. The van der Waals surface area contributed by atoms with E-state index in [1.54, 1.807) is 0 Å². The van der Waals surface area contributed by atoms with Crippen LogP contribution in [0, 0.1) is 16.7 Å². The molecular weight excluding hydrogens is 112 g/mol. The molecule has 2 heteroatoms. The fourth-order valence-electron chi connectivity index (χ4n) is 0.395. The predicted octanol–water partition coefficient (Wildman–Crippen LogP) is 1.27. The summed E-state index contributed by atoms with van der Waals surface area (Å²) in [7, 11) is 0. The smallest absolute Gasteiger partial charge is 0.0979 e. The second kappa shape index (κ2) is 2.84. The SMILES string of the molecule is CCC(C)(C)C(N)C#N. The predicted molar refractivity (Wildman–Crippen MR) is 37.7 cm³/mol. The van der Waals surface area contributed by atoms with Crippen LogP contribution in [0.2, 0.25) is 0 Å². The van der Waals surface area contributed by atoms with Crippen LogP contribution in [0.4, 0.5) is 0 Å². The quantitative estimate of drug-likeness (QED) is 0.605. The molecule has 0 saturated carbocycles. The summed E-state index contributed by atoms with van der Waals surface area (Å²) >= 11 is 0. The Kier molecular flexibility index (Phi) is 2.66. The zero-order chi connectivity index (χ0) is 7.49. The summed E-state index contributed by atoms with van der Waals surface area (Å²) in [5, 5.41) is 8.43. The molecule has 52 valence electrons. The van der Waals surface area contributed by atoms with Crippen LogP contribution >= 0.6 is 0 Å². The van der Waals surface area contributed by atoms with E-state index < -0.39 is 0 Å². The monoisotopic (exact) mass is 126 g/mol. The molecule has 0 rings (SSSR count). The van der Waals surface area contributed by atoms with Crippen molar-refractivity contribution < 1.29 is 0 Å². The molecule has 0 aromatic rings. The molecule has 1 atom stereocenters. The largest absolute Gasteiger partial charge is 0.315 e. The summed E-state index contributed by atoms with van der Waals surface area (Å²) in [6.45, 7) is 6.04. The van der Waals surface area contributed by atoms with Gasteiger partial charge in [0.1, 0.15) is 0 Å². The van der Waals surface area contributed by atoms with Gasteiger partial charge >= 0.3 is 0 Å². The lowest BCUT2D eigenvalue weighted by Crippen LogP contribution is -2.35. The van der Waals surface area contributed by atoms with Gasteiger partial charge in [-0.05, 0) is 11.8 Å². The number of nitriles is 1. The molecule has 0 bridgehead atoms. The zero-order valence-electron chi connectivity index (χ0n) is 6.31. The average Bonchev–Trinajstić information content (AvgIpc) is 1.86. The molecule has 0 spiro atoms. The van der Waals surface area contributed by atoms with Crippen molar-refractivity contribution in [1.82, 2.24) is 0 Å². The van der Waals surface area contributed by atoms with Crippen molar-refractivity contribution in [2.24, 2.45) is 11.1 Å². The molecule has 0 radical (unpaired) electrons. The van der Waals surface area contributed by atoms with Gasteiger partial charge in [0.25, 0.3) is 0 Å². The lowest BCUT2D eigenvalue weighted by atomic mass is 9.83. The Morgan fingerprint density at radius 3 is 2.22 bits per heavy atom. The minimum Gasteiger partial charge on any atom is -0.315 e. The highest BCUT2D eigenvalue weighted by atomic mass is 14.7. The molecule has 2 N–H and O–H groups in total. The minimum absolute atomic E-state index is 0.0330. The highest BCUT2D eigenvalue weighted by molar-refractivity contribution is 4.96. The maximum absolute atomic E-state index is 8.43. The van der Waals surface area contributed by atoms with E-state index in [1.807, 2.05) is 26.8 Å². The van der Waals surface area contributed by atoms with E-state index in [4.69, 9.17) is 11.0 Å². The van der Waals surface area contributed by atoms with Crippen LogP contribution in [0.25, 0.3) is 0 Å². The van der Waals surface area contributed by atoms with Crippen molar-refractivity contribution in [1.29, 1.82) is 5.26 Å². The maximum Gasteiger partial charge on any atom is 0.0979 e. The Hall–Kier alpha value is -0.550. The van der Waals surface area contributed by atoms with Crippen molar-refractivity contribution in [2.75, 3.05) is 0 Å². The van der Waals surface area contributed by atoms with E-state index in [2.05, 4.69) is 0 Å². The van der Waals surface area contributed by atoms with Gasteiger partial charge in [-0.2, -0.15) is 5.26 Å². The molecule has 1 unspecified atom stereocenters. The van der Waals surface area contributed by atoms with Crippen LogP contribution in [0.5, 0.6) is 0 Å². The van der Waals surface area contributed by atoms with Gasteiger partial charge in [-0.3, -0.25) is 0 Å². The first-order chi connectivity index (χ1) is 4.04. The summed E-state index contributed by atoms with van der Waals surface area (Å²) in [5.74, 6) is 0. The van der Waals surface area contributed by atoms with E-state index in [-0.39, 0.29) is 11.5 Å². The molecule has 0 aromatic carbocycles. The molecular formula is C7H14N2. The number of nitrogens with zero attached hydrogens (tertiary/aromatic N) is 1. The lowest BCUT2D eigenvalue weighted by Gasteiger charge is -2.24. The van der Waals surface area contributed by atoms with Crippen LogP contribution in [0.3, 0.4) is 0 Å². The molecule has 0 heterocycles. The van der Waals surface area contributed by atoms with Crippen molar-refractivity contribution in [3.8, 4) is 6.07 Å². The molecule has 0 amide bonds. The standard InChI is InChI=1S/C7H14N2/c1-4-7(2,3)6(9)5-8/h6H,4,9H2,1-3H3. The molecule has 0 aliphatic rings. The fourth-order valence-corrected chi connectivity index (χ4v) is 0.395. The van der Waals surface area contributed by atoms with Crippen LogP contribution in [-0.2, 0) is 0 Å².